The smallest absolute Gasteiger partial charge is 0.00786 e. The lowest BCUT2D eigenvalue weighted by atomic mass is 10.4. The number of nitrogens with zero attached hydrogens (tertiary/aromatic N) is 1. The molecular weight excluding hydrogens is 106 g/mol. The summed E-state index contributed by atoms with van der Waals surface area (Å²) in [6, 6.07) is 0. The molecule has 0 atom stereocenters. The van der Waals surface area contributed by atoms with Gasteiger partial charge in [-0.1, -0.05) is 6.08 Å². The molecule has 0 heterocycles. The molecule has 0 saturated heterocycles. The van der Waals surface area contributed by atoms with Crippen LogP contribution in [0.5, 0.6) is 0 Å². The second-order valence-electron chi connectivity index (χ2n) is 1.23. The Balaban J connectivity index is 3.58. The van der Waals surface area contributed by atoms with Crippen LogP contribution in [0.1, 0.15) is 13.8 Å². The van der Waals surface area contributed by atoms with E-state index < -0.39 is 0 Å². The Bertz CT molecular complexity index is 94.3. The molecule has 0 aromatic rings. The average Bonchev–Trinajstić information content (AvgIpc) is 1.68. The summed E-state index contributed by atoms with van der Waals surface area (Å²) in [6.45, 7) is 3.80. The van der Waals surface area contributed by atoms with Crippen molar-refractivity contribution in [3.63, 3.8) is 0 Å². The minimum Gasteiger partial charge on any atom is -0.669 e. The van der Waals surface area contributed by atoms with E-state index in [1.165, 1.54) is 0 Å². The van der Waals surface area contributed by atoms with Crippen molar-refractivity contribution >= 4 is 18.5 Å². The Morgan fingerprint density at radius 2 is 2.29 bits per heavy atom. The van der Waals surface area contributed by atoms with Gasteiger partial charge in [-0.15, -0.1) is 0 Å². The van der Waals surface area contributed by atoms with Crippen molar-refractivity contribution in [2.24, 2.45) is 4.40 Å². The van der Waals surface area contributed by atoms with Gasteiger partial charge in [0.1, 0.15) is 0 Å². The third-order valence-electron chi connectivity index (χ3n) is 0.552. The second-order valence-corrected chi connectivity index (χ2v) is 1.42. The van der Waals surface area contributed by atoms with E-state index in [0.29, 0.717) is 0 Å². The summed E-state index contributed by atoms with van der Waals surface area (Å²) in [5.41, 5.74) is 0.887. The monoisotopic (exact) mass is 114 g/mol. The highest BCUT2D eigenvalue weighted by atomic mass is 32.1. The van der Waals surface area contributed by atoms with Crippen LogP contribution in [0.25, 0.3) is 0 Å². The van der Waals surface area contributed by atoms with Crippen molar-refractivity contribution in [3.05, 3.63) is 12.2 Å². The molecule has 0 aromatic carbocycles. The molecule has 0 aromatic heterocycles. The fourth-order valence-electron chi connectivity index (χ4n) is 0.272. The van der Waals surface area contributed by atoms with Crippen molar-refractivity contribution in [2.75, 3.05) is 0 Å². The Morgan fingerprint density at radius 3 is 2.43 bits per heavy atom. The molecule has 0 radical (unpaired) electrons. The summed E-state index contributed by atoms with van der Waals surface area (Å²) in [7, 11) is 0. The quantitative estimate of drug-likeness (QED) is 0.371. The SMILES string of the molecule is C/C=C\C(C)=N[S-]. The van der Waals surface area contributed by atoms with Crippen LogP contribution in [-0.4, -0.2) is 5.71 Å². The van der Waals surface area contributed by atoms with E-state index in [1.807, 2.05) is 26.0 Å². The lowest BCUT2D eigenvalue weighted by Crippen LogP contribution is -1.78. The molecule has 0 aliphatic rings. The van der Waals surface area contributed by atoms with Gasteiger partial charge in [0.05, 0.1) is 0 Å². The van der Waals surface area contributed by atoms with E-state index in [4.69, 9.17) is 0 Å². The number of allylic oxidation sites excluding steroid dienone is 2. The Labute approximate surface area is 49.7 Å². The number of hydrogen-bond donors (Lipinski definition) is 0. The third-order valence-corrected chi connectivity index (χ3v) is 0.840. The van der Waals surface area contributed by atoms with Crippen LogP contribution < -0.4 is 0 Å². The summed E-state index contributed by atoms with van der Waals surface area (Å²) in [4.78, 5) is 0. The van der Waals surface area contributed by atoms with E-state index in [2.05, 4.69) is 17.2 Å². The Morgan fingerprint density at radius 1 is 1.71 bits per heavy atom. The van der Waals surface area contributed by atoms with Crippen LogP contribution >= 0.6 is 0 Å². The molecule has 0 saturated carbocycles. The topological polar surface area (TPSA) is 12.4 Å². The van der Waals surface area contributed by atoms with E-state index in [-0.39, 0.29) is 0 Å². The van der Waals surface area contributed by atoms with Crippen molar-refractivity contribution in [1.29, 1.82) is 0 Å². The van der Waals surface area contributed by atoms with E-state index >= 15 is 0 Å². The number of rotatable bonds is 1. The van der Waals surface area contributed by atoms with Gasteiger partial charge in [-0.25, -0.2) is 0 Å². The molecular formula is C5H8NS-. The lowest BCUT2D eigenvalue weighted by Gasteiger charge is -1.92. The molecule has 0 unspecified atom stereocenters. The van der Waals surface area contributed by atoms with Gasteiger partial charge in [0.25, 0.3) is 0 Å². The van der Waals surface area contributed by atoms with E-state index in [0.717, 1.165) is 5.71 Å². The summed E-state index contributed by atoms with van der Waals surface area (Å²) in [5, 5.41) is 0. The molecule has 0 rings (SSSR count). The van der Waals surface area contributed by atoms with Gasteiger partial charge in [0, 0.05) is 5.71 Å². The van der Waals surface area contributed by atoms with Crippen LogP contribution in [-0.2, 0) is 12.8 Å². The first-order valence-electron chi connectivity index (χ1n) is 2.11. The van der Waals surface area contributed by atoms with Gasteiger partial charge in [-0.05, 0) is 19.9 Å². The van der Waals surface area contributed by atoms with E-state index in [1.54, 1.807) is 0 Å². The maximum atomic E-state index is 4.38. The minimum atomic E-state index is 0.887. The summed E-state index contributed by atoms with van der Waals surface area (Å²) in [5.74, 6) is 0. The number of hydrogen-bond acceptors (Lipinski definition) is 2. The van der Waals surface area contributed by atoms with Crippen molar-refractivity contribution < 1.29 is 0 Å². The first-order valence-corrected chi connectivity index (χ1v) is 2.47. The van der Waals surface area contributed by atoms with Gasteiger partial charge in [0.15, 0.2) is 0 Å². The fourth-order valence-corrected chi connectivity index (χ4v) is 0.332. The third kappa shape index (κ3) is 3.46. The molecule has 2 heteroatoms. The molecule has 0 spiro atoms. The maximum Gasteiger partial charge on any atom is 0.00786 e. The largest absolute Gasteiger partial charge is 0.669 e. The first kappa shape index (κ1) is 6.63. The lowest BCUT2D eigenvalue weighted by molar-refractivity contribution is 1.71. The van der Waals surface area contributed by atoms with Crippen LogP contribution in [0.4, 0.5) is 0 Å². The predicted molar refractivity (Wildman–Crippen MR) is 35.3 cm³/mol. The van der Waals surface area contributed by atoms with Crippen molar-refractivity contribution in [3.8, 4) is 0 Å². The van der Waals surface area contributed by atoms with Crippen molar-refractivity contribution in [2.45, 2.75) is 13.8 Å². The van der Waals surface area contributed by atoms with Crippen LogP contribution in [0.2, 0.25) is 0 Å². The van der Waals surface area contributed by atoms with Crippen LogP contribution in [0, 0.1) is 0 Å². The fraction of sp³-hybridized carbons (Fsp3) is 0.400. The molecule has 7 heavy (non-hydrogen) atoms. The van der Waals surface area contributed by atoms with Gasteiger partial charge in [-0.3, -0.25) is 0 Å². The molecule has 0 fully saturated rings. The second kappa shape index (κ2) is 3.81. The minimum absolute atomic E-state index is 0.887. The molecule has 0 amide bonds. The zero-order valence-corrected chi connectivity index (χ0v) is 5.33. The normalized spacial score (nSPS) is 13.1. The molecule has 0 bridgehead atoms. The zero-order valence-electron chi connectivity index (χ0n) is 4.51. The Hall–Kier alpha value is -0.370. The highest BCUT2D eigenvalue weighted by molar-refractivity contribution is 7.57. The highest BCUT2D eigenvalue weighted by Crippen LogP contribution is 1.76. The summed E-state index contributed by atoms with van der Waals surface area (Å²) >= 11 is 4.38. The van der Waals surface area contributed by atoms with Gasteiger partial charge >= 0.3 is 0 Å². The van der Waals surface area contributed by atoms with Gasteiger partial charge < -0.3 is 17.2 Å². The molecule has 0 aliphatic heterocycles. The molecule has 40 valence electrons. The summed E-state index contributed by atoms with van der Waals surface area (Å²) < 4.78 is 3.49. The molecule has 0 aliphatic carbocycles. The molecule has 0 N–H and O–H groups in total. The maximum absolute atomic E-state index is 4.38. The van der Waals surface area contributed by atoms with Crippen LogP contribution in [0.15, 0.2) is 16.5 Å². The van der Waals surface area contributed by atoms with E-state index in [9.17, 15) is 0 Å². The predicted octanol–water partition coefficient (Wildman–Crippen LogP) is 1.49. The van der Waals surface area contributed by atoms with Gasteiger partial charge in [-0.2, -0.15) is 0 Å². The standard InChI is InChI=1S/C5H9NS/c1-3-4-5(2)6-7/h3-4,7H,1-2H3/p-1/b4-3-,6-5?. The van der Waals surface area contributed by atoms with Gasteiger partial charge in [0.2, 0.25) is 0 Å². The zero-order chi connectivity index (χ0) is 5.70. The summed E-state index contributed by atoms with van der Waals surface area (Å²) in [6.07, 6.45) is 3.78. The average molecular weight is 114 g/mol. The molecule has 1 nitrogen and oxygen atoms in total. The highest BCUT2D eigenvalue weighted by Gasteiger charge is 1.67. The van der Waals surface area contributed by atoms with Crippen molar-refractivity contribution in [1.82, 2.24) is 0 Å². The van der Waals surface area contributed by atoms with Crippen LogP contribution in [0.3, 0.4) is 0 Å². The Kier molecular flexibility index (Phi) is 3.61. The first-order chi connectivity index (χ1) is 3.31.